The van der Waals surface area contributed by atoms with E-state index in [0.717, 1.165) is 12.8 Å². The van der Waals surface area contributed by atoms with Gasteiger partial charge in [-0.1, -0.05) is 149 Å². The van der Waals surface area contributed by atoms with Crippen LogP contribution in [-0.4, -0.2) is 0 Å². The van der Waals surface area contributed by atoms with Gasteiger partial charge in [0.2, 0.25) is 0 Å². The molecule has 0 atom stereocenters. The second kappa shape index (κ2) is 27.6. The lowest BCUT2D eigenvalue weighted by molar-refractivity contribution is 0.524. The highest BCUT2D eigenvalue weighted by molar-refractivity contribution is 4.98. The highest BCUT2D eigenvalue weighted by Gasteiger charge is 1.95. The third-order valence-electron chi connectivity index (χ3n) is 6.19. The minimum Gasteiger partial charge on any atom is -0.103 e. The van der Waals surface area contributed by atoms with Gasteiger partial charge < -0.3 is 0 Å². The van der Waals surface area contributed by atoms with Gasteiger partial charge in [-0.3, -0.25) is 0 Å². The Labute approximate surface area is 186 Å². The van der Waals surface area contributed by atoms with Gasteiger partial charge in [0.15, 0.2) is 0 Å². The van der Waals surface area contributed by atoms with Gasteiger partial charge in [0.05, 0.1) is 0 Å². The summed E-state index contributed by atoms with van der Waals surface area (Å²) in [6, 6.07) is 0. The van der Waals surface area contributed by atoms with Crippen LogP contribution in [0.15, 0.2) is 0 Å². The SMILES string of the molecule is CCCCCCC#CCCCCCCCCCCCCCCCCCCCCC. The van der Waals surface area contributed by atoms with Crippen molar-refractivity contribution in [3.63, 3.8) is 0 Å². The Kier molecular flexibility index (Phi) is 27.1. The third-order valence-corrected chi connectivity index (χ3v) is 6.19. The molecule has 29 heavy (non-hydrogen) atoms. The molecule has 0 unspecified atom stereocenters. The Morgan fingerprint density at radius 3 is 0.759 bits per heavy atom. The first kappa shape index (κ1) is 28.6. The van der Waals surface area contributed by atoms with Gasteiger partial charge in [-0.15, -0.1) is 11.8 Å². The van der Waals surface area contributed by atoms with Crippen molar-refractivity contribution < 1.29 is 0 Å². The first-order valence-electron chi connectivity index (χ1n) is 13.9. The van der Waals surface area contributed by atoms with E-state index < -0.39 is 0 Å². The van der Waals surface area contributed by atoms with Crippen LogP contribution in [-0.2, 0) is 0 Å². The van der Waals surface area contributed by atoms with E-state index in [-0.39, 0.29) is 0 Å². The molecule has 0 fully saturated rings. The molecule has 0 nitrogen and oxygen atoms in total. The zero-order valence-corrected chi connectivity index (χ0v) is 20.7. The summed E-state index contributed by atoms with van der Waals surface area (Å²) in [5.41, 5.74) is 0. The summed E-state index contributed by atoms with van der Waals surface area (Å²) in [4.78, 5) is 0. The number of rotatable bonds is 23. The van der Waals surface area contributed by atoms with Crippen molar-refractivity contribution in [1.29, 1.82) is 0 Å². The monoisotopic (exact) mass is 404 g/mol. The summed E-state index contributed by atoms with van der Waals surface area (Å²) in [5.74, 6) is 6.72. The minimum absolute atomic E-state index is 1.12. The molecular weight excluding hydrogens is 348 g/mol. The van der Waals surface area contributed by atoms with Crippen LogP contribution in [0.2, 0.25) is 0 Å². The van der Waals surface area contributed by atoms with Crippen molar-refractivity contribution in [3.8, 4) is 11.8 Å². The van der Waals surface area contributed by atoms with Gasteiger partial charge in [-0.25, -0.2) is 0 Å². The van der Waals surface area contributed by atoms with Crippen LogP contribution in [0.4, 0.5) is 0 Å². The molecule has 0 aliphatic carbocycles. The van der Waals surface area contributed by atoms with Crippen molar-refractivity contribution >= 4 is 0 Å². The van der Waals surface area contributed by atoms with Crippen molar-refractivity contribution in [3.05, 3.63) is 0 Å². The van der Waals surface area contributed by atoms with Crippen LogP contribution in [0.25, 0.3) is 0 Å². The first-order valence-corrected chi connectivity index (χ1v) is 13.9. The highest BCUT2D eigenvalue weighted by atomic mass is 14.0. The largest absolute Gasteiger partial charge is 0.103 e. The molecule has 0 heterocycles. The predicted molar refractivity (Wildman–Crippen MR) is 135 cm³/mol. The van der Waals surface area contributed by atoms with E-state index in [1.165, 1.54) is 148 Å². The first-order chi connectivity index (χ1) is 14.4. The fourth-order valence-corrected chi connectivity index (χ4v) is 4.11. The quantitative estimate of drug-likeness (QED) is 0.117. The fourth-order valence-electron chi connectivity index (χ4n) is 4.11. The topological polar surface area (TPSA) is 0 Å². The highest BCUT2D eigenvalue weighted by Crippen LogP contribution is 2.14. The molecule has 0 radical (unpaired) electrons. The van der Waals surface area contributed by atoms with Crippen LogP contribution < -0.4 is 0 Å². The number of hydrogen-bond acceptors (Lipinski definition) is 0. The van der Waals surface area contributed by atoms with Crippen LogP contribution in [0, 0.1) is 11.8 Å². The summed E-state index contributed by atoms with van der Waals surface area (Å²) >= 11 is 0. The van der Waals surface area contributed by atoms with Gasteiger partial charge in [0.25, 0.3) is 0 Å². The lowest BCUT2D eigenvalue weighted by Gasteiger charge is -2.03. The molecule has 0 heteroatoms. The van der Waals surface area contributed by atoms with Gasteiger partial charge >= 0.3 is 0 Å². The lowest BCUT2D eigenvalue weighted by Crippen LogP contribution is -1.84. The Morgan fingerprint density at radius 1 is 0.276 bits per heavy atom. The molecule has 0 saturated carbocycles. The molecular formula is C29H56. The molecule has 0 spiro atoms. The van der Waals surface area contributed by atoms with Gasteiger partial charge in [-0.2, -0.15) is 0 Å². The molecule has 172 valence electrons. The summed E-state index contributed by atoms with van der Waals surface area (Å²) in [6.45, 7) is 4.57. The van der Waals surface area contributed by atoms with Crippen molar-refractivity contribution in [2.24, 2.45) is 0 Å². The van der Waals surface area contributed by atoms with Crippen LogP contribution in [0.5, 0.6) is 0 Å². The van der Waals surface area contributed by atoms with Gasteiger partial charge in [-0.05, 0) is 12.8 Å². The number of unbranched alkanes of at least 4 members (excludes halogenated alkanes) is 23. The van der Waals surface area contributed by atoms with Crippen LogP contribution >= 0.6 is 0 Å². The molecule has 0 bridgehead atoms. The van der Waals surface area contributed by atoms with Crippen molar-refractivity contribution in [2.45, 2.75) is 174 Å². The summed E-state index contributed by atoms with van der Waals surface area (Å²) in [7, 11) is 0. The second-order valence-corrected chi connectivity index (χ2v) is 9.28. The lowest BCUT2D eigenvalue weighted by atomic mass is 10.0. The molecule has 0 aromatic carbocycles. The summed E-state index contributed by atoms with van der Waals surface area (Å²) < 4.78 is 0. The van der Waals surface area contributed by atoms with E-state index in [4.69, 9.17) is 0 Å². The number of hydrogen-bond donors (Lipinski definition) is 0. The Bertz CT molecular complexity index is 332. The average Bonchev–Trinajstić information content (AvgIpc) is 2.74. The van der Waals surface area contributed by atoms with Crippen molar-refractivity contribution in [2.75, 3.05) is 0 Å². The van der Waals surface area contributed by atoms with E-state index in [0.29, 0.717) is 0 Å². The molecule has 0 N–H and O–H groups in total. The van der Waals surface area contributed by atoms with Gasteiger partial charge in [0.1, 0.15) is 0 Å². The van der Waals surface area contributed by atoms with E-state index in [2.05, 4.69) is 25.7 Å². The molecule has 0 aliphatic heterocycles. The molecule has 0 aliphatic rings. The van der Waals surface area contributed by atoms with Crippen LogP contribution in [0.1, 0.15) is 174 Å². The Balaban J connectivity index is 3.04. The maximum absolute atomic E-state index is 3.37. The standard InChI is InChI=1S/C29H56/c1-3-5-7-9-11-13-15-17-19-21-23-25-27-29-28-26-24-22-20-18-16-14-12-10-8-6-4-2/h3-13,15,17-29H2,1-2H3. The summed E-state index contributed by atoms with van der Waals surface area (Å²) in [5, 5.41) is 0. The van der Waals surface area contributed by atoms with Crippen LogP contribution in [0.3, 0.4) is 0 Å². The third kappa shape index (κ3) is 27.6. The van der Waals surface area contributed by atoms with E-state index in [1.54, 1.807) is 0 Å². The zero-order valence-electron chi connectivity index (χ0n) is 20.7. The maximum Gasteiger partial charge on any atom is 0.00886 e. The average molecular weight is 405 g/mol. The maximum atomic E-state index is 3.37. The van der Waals surface area contributed by atoms with E-state index >= 15 is 0 Å². The normalized spacial score (nSPS) is 10.8. The minimum atomic E-state index is 1.12. The van der Waals surface area contributed by atoms with Gasteiger partial charge in [0, 0.05) is 12.8 Å². The molecule has 0 saturated heterocycles. The molecule has 0 rings (SSSR count). The van der Waals surface area contributed by atoms with Crippen molar-refractivity contribution in [1.82, 2.24) is 0 Å². The zero-order chi connectivity index (χ0) is 21.1. The van der Waals surface area contributed by atoms with E-state index in [1.807, 2.05) is 0 Å². The molecule has 0 aromatic heterocycles. The Morgan fingerprint density at radius 2 is 0.483 bits per heavy atom. The second-order valence-electron chi connectivity index (χ2n) is 9.28. The molecule has 0 amide bonds. The Hall–Kier alpha value is -0.440. The summed E-state index contributed by atoms with van der Waals surface area (Å²) in [6.07, 6.45) is 35.2. The predicted octanol–water partition coefficient (Wildman–Crippen LogP) is 10.8. The smallest absolute Gasteiger partial charge is 0.00886 e. The molecule has 0 aromatic rings. The fraction of sp³-hybridized carbons (Fsp3) is 0.931. The van der Waals surface area contributed by atoms with E-state index in [9.17, 15) is 0 Å².